The molecule has 0 spiro atoms. The Balaban J connectivity index is 1.87. The molecule has 0 atom stereocenters. The van der Waals surface area contributed by atoms with Gasteiger partial charge < -0.3 is 19.8 Å². The van der Waals surface area contributed by atoms with Crippen molar-refractivity contribution >= 4 is 5.91 Å². The van der Waals surface area contributed by atoms with E-state index in [4.69, 9.17) is 4.74 Å². The Labute approximate surface area is 134 Å². The summed E-state index contributed by atoms with van der Waals surface area (Å²) >= 11 is 0. The molecular formula is C17H18N2O4. The van der Waals surface area contributed by atoms with Crippen molar-refractivity contribution in [2.45, 2.75) is 19.4 Å². The summed E-state index contributed by atoms with van der Waals surface area (Å²) in [6.45, 7) is 1.47. The van der Waals surface area contributed by atoms with Crippen LogP contribution in [0.1, 0.15) is 28.9 Å². The van der Waals surface area contributed by atoms with Crippen molar-refractivity contribution in [3.05, 3.63) is 47.8 Å². The van der Waals surface area contributed by atoms with Gasteiger partial charge in [-0.1, -0.05) is 6.07 Å². The van der Waals surface area contributed by atoms with Crippen molar-refractivity contribution in [3.8, 4) is 17.2 Å². The first kappa shape index (κ1) is 15.1. The van der Waals surface area contributed by atoms with Crippen LogP contribution in [0.4, 0.5) is 0 Å². The highest BCUT2D eigenvalue weighted by molar-refractivity contribution is 6.00. The Morgan fingerprint density at radius 3 is 2.70 bits per heavy atom. The lowest BCUT2D eigenvalue weighted by Crippen LogP contribution is -2.28. The monoisotopic (exact) mass is 314 g/mol. The van der Waals surface area contributed by atoms with Crippen molar-refractivity contribution in [1.29, 1.82) is 0 Å². The Morgan fingerprint density at radius 2 is 2.00 bits per heavy atom. The Kier molecular flexibility index (Phi) is 4.32. The second-order valence-corrected chi connectivity index (χ2v) is 5.45. The van der Waals surface area contributed by atoms with Gasteiger partial charge in [0.15, 0.2) is 0 Å². The smallest absolute Gasteiger partial charge is 0.261 e. The van der Waals surface area contributed by atoms with Gasteiger partial charge >= 0.3 is 0 Å². The van der Waals surface area contributed by atoms with E-state index in [0.717, 1.165) is 18.9 Å². The Bertz CT molecular complexity index is 697. The minimum absolute atomic E-state index is 0.0839. The van der Waals surface area contributed by atoms with Crippen LogP contribution in [-0.2, 0) is 6.61 Å². The normalized spacial score (nSPS) is 14.0. The minimum atomic E-state index is -0.281. The number of hydrogen-bond acceptors (Lipinski definition) is 5. The SMILES string of the molecule is O=C(c1c(O)cc(O)cc1OCc1ccccn1)N1CCCC1. The molecule has 0 unspecified atom stereocenters. The molecule has 2 heterocycles. The van der Waals surface area contributed by atoms with Crippen LogP contribution in [0.3, 0.4) is 0 Å². The first-order valence-corrected chi connectivity index (χ1v) is 7.53. The van der Waals surface area contributed by atoms with Gasteiger partial charge in [-0.25, -0.2) is 0 Å². The lowest BCUT2D eigenvalue weighted by atomic mass is 10.1. The van der Waals surface area contributed by atoms with Gasteiger partial charge in [0.1, 0.15) is 29.4 Å². The summed E-state index contributed by atoms with van der Waals surface area (Å²) in [7, 11) is 0. The van der Waals surface area contributed by atoms with E-state index in [1.54, 1.807) is 23.2 Å². The zero-order chi connectivity index (χ0) is 16.2. The van der Waals surface area contributed by atoms with Crippen LogP contribution in [0, 0.1) is 0 Å². The fraction of sp³-hybridized carbons (Fsp3) is 0.294. The van der Waals surface area contributed by atoms with Gasteiger partial charge in [-0.3, -0.25) is 9.78 Å². The highest BCUT2D eigenvalue weighted by Gasteiger charge is 2.26. The predicted molar refractivity (Wildman–Crippen MR) is 83.5 cm³/mol. The highest BCUT2D eigenvalue weighted by Crippen LogP contribution is 2.35. The van der Waals surface area contributed by atoms with E-state index in [1.165, 1.54) is 6.07 Å². The van der Waals surface area contributed by atoms with Crippen LogP contribution in [0.25, 0.3) is 0 Å². The van der Waals surface area contributed by atoms with E-state index < -0.39 is 0 Å². The molecule has 3 rings (SSSR count). The van der Waals surface area contributed by atoms with Gasteiger partial charge in [0.05, 0.1) is 5.69 Å². The molecule has 1 fully saturated rings. The average molecular weight is 314 g/mol. The molecule has 2 aromatic rings. The Morgan fingerprint density at radius 1 is 1.22 bits per heavy atom. The van der Waals surface area contributed by atoms with E-state index in [9.17, 15) is 15.0 Å². The first-order chi connectivity index (χ1) is 11.1. The Hall–Kier alpha value is -2.76. The van der Waals surface area contributed by atoms with Crippen LogP contribution in [0.15, 0.2) is 36.5 Å². The van der Waals surface area contributed by atoms with E-state index in [2.05, 4.69) is 4.98 Å². The average Bonchev–Trinajstić information content (AvgIpc) is 3.07. The fourth-order valence-electron chi connectivity index (χ4n) is 2.63. The number of benzene rings is 1. The summed E-state index contributed by atoms with van der Waals surface area (Å²) in [4.78, 5) is 18.4. The van der Waals surface area contributed by atoms with Crippen LogP contribution in [0.5, 0.6) is 17.2 Å². The molecule has 1 aromatic heterocycles. The molecule has 0 radical (unpaired) electrons. The number of phenols is 2. The molecule has 1 aliphatic rings. The number of hydrogen-bond donors (Lipinski definition) is 2. The number of carbonyl (C=O) groups is 1. The number of ether oxygens (including phenoxy) is 1. The van der Waals surface area contributed by atoms with Gasteiger partial charge in [0, 0.05) is 31.4 Å². The second-order valence-electron chi connectivity index (χ2n) is 5.45. The van der Waals surface area contributed by atoms with Gasteiger partial charge in [0.2, 0.25) is 0 Å². The number of rotatable bonds is 4. The number of aromatic hydroxyl groups is 2. The third-order valence-electron chi connectivity index (χ3n) is 3.77. The summed E-state index contributed by atoms with van der Waals surface area (Å²) in [6.07, 6.45) is 3.55. The number of pyridine rings is 1. The zero-order valence-electron chi connectivity index (χ0n) is 12.6. The zero-order valence-corrected chi connectivity index (χ0v) is 12.6. The fourth-order valence-corrected chi connectivity index (χ4v) is 2.63. The minimum Gasteiger partial charge on any atom is -0.508 e. The van der Waals surface area contributed by atoms with E-state index >= 15 is 0 Å². The van der Waals surface area contributed by atoms with Gasteiger partial charge in [-0.05, 0) is 25.0 Å². The highest BCUT2D eigenvalue weighted by atomic mass is 16.5. The predicted octanol–water partition coefficient (Wildman–Crippen LogP) is 2.31. The summed E-state index contributed by atoms with van der Waals surface area (Å²) in [5.74, 6) is -0.560. The standard InChI is InChI=1S/C17H18N2O4/c20-13-9-14(21)16(17(22)19-7-3-4-8-19)15(10-13)23-11-12-5-1-2-6-18-12/h1-2,5-6,9-10,20-21H,3-4,7-8,11H2. The number of carbonyl (C=O) groups excluding carboxylic acids is 1. The van der Waals surface area contributed by atoms with Crippen LogP contribution in [-0.4, -0.2) is 39.1 Å². The van der Waals surface area contributed by atoms with Crippen molar-refractivity contribution in [2.24, 2.45) is 0 Å². The maximum atomic E-state index is 12.6. The third kappa shape index (κ3) is 3.36. The van der Waals surface area contributed by atoms with Gasteiger partial charge in [0.25, 0.3) is 5.91 Å². The number of aromatic nitrogens is 1. The maximum absolute atomic E-state index is 12.6. The molecule has 2 N–H and O–H groups in total. The molecular weight excluding hydrogens is 296 g/mol. The topological polar surface area (TPSA) is 82.9 Å². The van der Waals surface area contributed by atoms with Crippen LogP contribution < -0.4 is 4.74 Å². The number of amides is 1. The van der Waals surface area contributed by atoms with E-state index in [-0.39, 0.29) is 35.3 Å². The molecule has 0 saturated carbocycles. The first-order valence-electron chi connectivity index (χ1n) is 7.53. The van der Waals surface area contributed by atoms with Crippen molar-refractivity contribution in [2.75, 3.05) is 13.1 Å². The molecule has 6 nitrogen and oxygen atoms in total. The molecule has 1 aliphatic heterocycles. The molecule has 0 aliphatic carbocycles. The quantitative estimate of drug-likeness (QED) is 0.905. The van der Waals surface area contributed by atoms with Crippen molar-refractivity contribution in [1.82, 2.24) is 9.88 Å². The second kappa shape index (κ2) is 6.56. The van der Waals surface area contributed by atoms with Crippen molar-refractivity contribution in [3.63, 3.8) is 0 Å². The van der Waals surface area contributed by atoms with E-state index in [0.29, 0.717) is 18.8 Å². The summed E-state index contributed by atoms with van der Waals surface area (Å²) in [5, 5.41) is 19.8. The summed E-state index contributed by atoms with van der Waals surface area (Å²) < 4.78 is 5.64. The van der Waals surface area contributed by atoms with Crippen LogP contribution in [0.2, 0.25) is 0 Å². The molecule has 6 heteroatoms. The molecule has 1 aromatic carbocycles. The lowest BCUT2D eigenvalue weighted by Gasteiger charge is -2.19. The number of nitrogens with zero attached hydrogens (tertiary/aromatic N) is 2. The number of phenolic OH excluding ortho intramolecular Hbond substituents is 2. The summed E-state index contributed by atoms with van der Waals surface area (Å²) in [5.41, 5.74) is 0.774. The van der Waals surface area contributed by atoms with E-state index in [1.807, 2.05) is 6.07 Å². The van der Waals surface area contributed by atoms with Crippen molar-refractivity contribution < 1.29 is 19.7 Å². The van der Waals surface area contributed by atoms with Gasteiger partial charge in [-0.2, -0.15) is 0 Å². The number of likely N-dealkylation sites (tertiary alicyclic amines) is 1. The molecule has 1 saturated heterocycles. The molecule has 120 valence electrons. The largest absolute Gasteiger partial charge is 0.508 e. The van der Waals surface area contributed by atoms with Gasteiger partial charge in [-0.15, -0.1) is 0 Å². The lowest BCUT2D eigenvalue weighted by molar-refractivity contribution is 0.0784. The third-order valence-corrected chi connectivity index (χ3v) is 3.77. The molecule has 23 heavy (non-hydrogen) atoms. The maximum Gasteiger partial charge on any atom is 0.261 e. The summed E-state index contributed by atoms with van der Waals surface area (Å²) in [6, 6.07) is 7.92. The molecule has 0 bridgehead atoms. The van der Waals surface area contributed by atoms with Crippen LogP contribution >= 0.6 is 0 Å². The molecule has 1 amide bonds.